The molecule has 2 atom stereocenters. The fourth-order valence-electron chi connectivity index (χ4n) is 3.06. The van der Waals surface area contributed by atoms with Crippen molar-refractivity contribution in [3.05, 3.63) is 59.5 Å². The second kappa shape index (κ2) is 7.46. The van der Waals surface area contributed by atoms with Crippen molar-refractivity contribution in [3.63, 3.8) is 0 Å². The van der Waals surface area contributed by atoms with Crippen LogP contribution in [0.2, 0.25) is 0 Å². The molecule has 2 rings (SSSR count). The van der Waals surface area contributed by atoms with Crippen LogP contribution in [0.3, 0.4) is 0 Å². The Morgan fingerprint density at radius 1 is 1.17 bits per heavy atom. The zero-order valence-electron chi connectivity index (χ0n) is 15.2. The van der Waals surface area contributed by atoms with Crippen LogP contribution in [0, 0.1) is 28.9 Å². The van der Waals surface area contributed by atoms with E-state index in [1.165, 1.54) is 19.9 Å². The maximum absolute atomic E-state index is 14.2. The molecule has 29 heavy (non-hydrogen) atoms. The molecule has 0 aromatic heterocycles. The predicted molar refractivity (Wildman–Crippen MR) is 86.3 cm³/mol. The first-order chi connectivity index (χ1) is 13.1. The minimum atomic E-state index is -5.29. The highest BCUT2D eigenvalue weighted by atomic mass is 19.4. The third-order valence-electron chi connectivity index (χ3n) is 4.83. The van der Waals surface area contributed by atoms with Gasteiger partial charge in [0.1, 0.15) is 5.56 Å². The zero-order valence-corrected chi connectivity index (χ0v) is 15.2. The van der Waals surface area contributed by atoms with Crippen molar-refractivity contribution < 1.29 is 44.7 Å². The van der Waals surface area contributed by atoms with Gasteiger partial charge in [-0.3, -0.25) is 4.79 Å². The average molecular weight is 428 g/mol. The number of carbonyl (C=O) groups is 1. The van der Waals surface area contributed by atoms with E-state index in [4.69, 9.17) is 0 Å². The SMILES string of the molecule is C=CCc1ccc(C(F)(F)OC(=O)C2C(C=C(F)C(F)(F)F)C2(C)C)c(F)c1F. The molecular formula is C19H16F8O2. The minimum absolute atomic E-state index is 0.119. The summed E-state index contributed by atoms with van der Waals surface area (Å²) in [6, 6.07) is 1.39. The van der Waals surface area contributed by atoms with E-state index in [2.05, 4.69) is 11.3 Å². The van der Waals surface area contributed by atoms with Gasteiger partial charge in [-0.15, -0.1) is 6.58 Å². The van der Waals surface area contributed by atoms with Crippen LogP contribution in [0.25, 0.3) is 0 Å². The van der Waals surface area contributed by atoms with Crippen LogP contribution in [0.5, 0.6) is 0 Å². The van der Waals surface area contributed by atoms with E-state index >= 15 is 0 Å². The summed E-state index contributed by atoms with van der Waals surface area (Å²) in [6.45, 7) is 5.82. The second-order valence-corrected chi connectivity index (χ2v) is 7.17. The van der Waals surface area contributed by atoms with E-state index in [0.717, 1.165) is 6.07 Å². The predicted octanol–water partition coefficient (Wildman–Crippen LogP) is 5.97. The molecule has 0 radical (unpaired) electrons. The van der Waals surface area contributed by atoms with Crippen molar-refractivity contribution in [2.75, 3.05) is 0 Å². The molecule has 0 bridgehead atoms. The van der Waals surface area contributed by atoms with Gasteiger partial charge in [-0.2, -0.15) is 22.0 Å². The number of allylic oxidation sites excluding steroid dienone is 3. The highest BCUT2D eigenvalue weighted by Gasteiger charge is 2.63. The molecule has 1 fully saturated rings. The molecule has 0 heterocycles. The molecule has 1 saturated carbocycles. The fourth-order valence-corrected chi connectivity index (χ4v) is 3.06. The summed E-state index contributed by atoms with van der Waals surface area (Å²) in [5.41, 5.74) is -3.10. The van der Waals surface area contributed by atoms with E-state index in [1.54, 1.807) is 0 Å². The van der Waals surface area contributed by atoms with Crippen LogP contribution in [-0.2, 0) is 22.1 Å². The van der Waals surface area contributed by atoms with Crippen molar-refractivity contribution in [2.45, 2.75) is 32.6 Å². The maximum atomic E-state index is 14.2. The van der Waals surface area contributed by atoms with E-state index < -0.39 is 58.5 Å². The smallest absolute Gasteiger partial charge is 0.397 e. The summed E-state index contributed by atoms with van der Waals surface area (Å²) in [6.07, 6.45) is -8.68. The fraction of sp³-hybridized carbons (Fsp3) is 0.421. The third-order valence-corrected chi connectivity index (χ3v) is 4.83. The number of hydrogen-bond donors (Lipinski definition) is 0. The highest BCUT2D eigenvalue weighted by molar-refractivity contribution is 5.78. The number of alkyl halides is 5. The van der Waals surface area contributed by atoms with E-state index in [1.807, 2.05) is 0 Å². The summed E-state index contributed by atoms with van der Waals surface area (Å²) in [5, 5.41) is 0. The molecular weight excluding hydrogens is 412 g/mol. The first-order valence-electron chi connectivity index (χ1n) is 8.28. The van der Waals surface area contributed by atoms with Crippen molar-refractivity contribution in [1.82, 2.24) is 0 Å². The van der Waals surface area contributed by atoms with Gasteiger partial charge in [-0.1, -0.05) is 26.0 Å². The van der Waals surface area contributed by atoms with Crippen LogP contribution >= 0.6 is 0 Å². The number of ether oxygens (including phenoxy) is 1. The van der Waals surface area contributed by atoms with Crippen LogP contribution in [-0.4, -0.2) is 12.1 Å². The largest absolute Gasteiger partial charge is 0.442 e. The number of benzene rings is 1. The lowest BCUT2D eigenvalue weighted by Gasteiger charge is -2.19. The Bertz CT molecular complexity index is 855. The molecule has 160 valence electrons. The summed E-state index contributed by atoms with van der Waals surface area (Å²) < 4.78 is 110. The highest BCUT2D eigenvalue weighted by Crippen LogP contribution is 2.61. The van der Waals surface area contributed by atoms with Crippen molar-refractivity contribution in [3.8, 4) is 0 Å². The first-order valence-corrected chi connectivity index (χ1v) is 8.28. The lowest BCUT2D eigenvalue weighted by Crippen LogP contribution is -2.26. The third kappa shape index (κ3) is 4.45. The molecule has 0 N–H and O–H groups in total. The number of carbonyl (C=O) groups excluding carboxylic acids is 1. The van der Waals surface area contributed by atoms with Crippen LogP contribution in [0.4, 0.5) is 35.1 Å². The molecule has 1 aromatic rings. The Morgan fingerprint density at radius 2 is 1.76 bits per heavy atom. The molecule has 0 saturated heterocycles. The van der Waals surface area contributed by atoms with Gasteiger partial charge >= 0.3 is 18.3 Å². The minimum Gasteiger partial charge on any atom is -0.397 e. The van der Waals surface area contributed by atoms with E-state index in [9.17, 15) is 39.9 Å². The van der Waals surface area contributed by atoms with Crippen molar-refractivity contribution in [2.24, 2.45) is 17.3 Å². The zero-order chi connectivity index (χ0) is 22.4. The van der Waals surface area contributed by atoms with Gasteiger partial charge in [-0.25, -0.2) is 13.2 Å². The Kier molecular flexibility index (Phi) is 5.89. The summed E-state index contributed by atoms with van der Waals surface area (Å²) in [4.78, 5) is 12.1. The standard InChI is InChI=1S/C19H16F8O2/c1-4-5-9-6-7-10(15(22)14(9)21)19(26,27)29-16(28)13-11(17(13,2)3)8-12(20)18(23,24)25/h4,6-8,11,13H,1,5H2,2-3H3. The van der Waals surface area contributed by atoms with Gasteiger partial charge < -0.3 is 4.74 Å². The molecule has 0 aliphatic heterocycles. The normalized spacial score (nSPS) is 21.7. The van der Waals surface area contributed by atoms with Gasteiger partial charge in [0.15, 0.2) is 17.5 Å². The Labute approximate surface area is 160 Å². The topological polar surface area (TPSA) is 26.3 Å². The number of esters is 1. The lowest BCUT2D eigenvalue weighted by molar-refractivity contribution is -0.243. The van der Waals surface area contributed by atoms with E-state index in [0.29, 0.717) is 6.07 Å². The average Bonchev–Trinajstić information content (AvgIpc) is 3.11. The summed E-state index contributed by atoms with van der Waals surface area (Å²) in [7, 11) is 0. The molecule has 0 spiro atoms. The van der Waals surface area contributed by atoms with Crippen LogP contribution in [0.1, 0.15) is 25.0 Å². The van der Waals surface area contributed by atoms with Gasteiger partial charge in [-0.05, 0) is 35.5 Å². The summed E-state index contributed by atoms with van der Waals surface area (Å²) >= 11 is 0. The van der Waals surface area contributed by atoms with Gasteiger partial charge in [0.25, 0.3) is 0 Å². The van der Waals surface area contributed by atoms with Crippen molar-refractivity contribution >= 4 is 5.97 Å². The second-order valence-electron chi connectivity index (χ2n) is 7.17. The molecule has 2 nitrogen and oxygen atoms in total. The Morgan fingerprint density at radius 3 is 2.28 bits per heavy atom. The quantitative estimate of drug-likeness (QED) is 0.317. The molecule has 1 aliphatic carbocycles. The Balaban J connectivity index is 2.24. The van der Waals surface area contributed by atoms with Crippen LogP contribution < -0.4 is 0 Å². The number of rotatable bonds is 6. The Hall–Kier alpha value is -2.39. The first kappa shape index (κ1) is 22.9. The van der Waals surface area contributed by atoms with Gasteiger partial charge in [0.05, 0.1) is 5.92 Å². The van der Waals surface area contributed by atoms with Gasteiger partial charge in [0, 0.05) is 0 Å². The molecule has 10 heteroatoms. The van der Waals surface area contributed by atoms with Crippen molar-refractivity contribution in [1.29, 1.82) is 0 Å². The van der Waals surface area contributed by atoms with Gasteiger partial charge in [0.2, 0.25) is 0 Å². The number of hydrogen-bond acceptors (Lipinski definition) is 2. The molecule has 2 unspecified atom stereocenters. The lowest BCUT2D eigenvalue weighted by atomic mass is 10.1. The molecule has 1 aliphatic rings. The monoisotopic (exact) mass is 428 g/mol. The number of halogens is 8. The van der Waals surface area contributed by atoms with Crippen LogP contribution in [0.15, 0.2) is 36.7 Å². The molecule has 0 amide bonds. The molecule has 1 aromatic carbocycles. The maximum Gasteiger partial charge on any atom is 0.442 e. The van der Waals surface area contributed by atoms with E-state index in [-0.39, 0.29) is 18.1 Å². The summed E-state index contributed by atoms with van der Waals surface area (Å²) in [5.74, 6) is -10.5.